The van der Waals surface area contributed by atoms with Gasteiger partial charge in [0.25, 0.3) is 0 Å². The molecule has 1 aromatic carbocycles. The number of hydrogen-bond donors (Lipinski definition) is 0. The van der Waals surface area contributed by atoms with Gasteiger partial charge in [-0.3, -0.25) is 4.79 Å². The van der Waals surface area contributed by atoms with Crippen LogP contribution in [0.2, 0.25) is 0 Å². The third kappa shape index (κ3) is 1.97. The van der Waals surface area contributed by atoms with Crippen molar-refractivity contribution in [2.24, 2.45) is 0 Å². The summed E-state index contributed by atoms with van der Waals surface area (Å²) < 4.78 is 0. The quantitative estimate of drug-likeness (QED) is 0.723. The fourth-order valence-electron chi connectivity index (χ4n) is 1.48. The molecule has 0 saturated carbocycles. The van der Waals surface area contributed by atoms with E-state index in [0.717, 1.165) is 17.5 Å². The molecule has 0 bridgehead atoms. The predicted octanol–water partition coefficient (Wildman–Crippen LogP) is 3.24. The molecule has 1 aromatic heterocycles. The fourth-order valence-corrected chi connectivity index (χ4v) is 2.10. The Morgan fingerprint density at radius 2 is 2.13 bits per heavy atom. The number of carbonyl (C=O) groups is 1. The molecule has 0 saturated heterocycles. The number of hydrogen-bond acceptors (Lipinski definition) is 3. The summed E-state index contributed by atoms with van der Waals surface area (Å²) in [4.78, 5) is 14.8. The minimum atomic E-state index is 0.533. The molecule has 1 heterocycles. The van der Waals surface area contributed by atoms with Gasteiger partial charge in [0.1, 0.15) is 0 Å². The average Bonchev–Trinajstić information content (AvgIpc) is 2.70. The Morgan fingerprint density at radius 1 is 1.33 bits per heavy atom. The molecule has 76 valence electrons. The van der Waals surface area contributed by atoms with Crippen molar-refractivity contribution in [3.63, 3.8) is 0 Å². The zero-order valence-electron chi connectivity index (χ0n) is 8.65. The summed E-state index contributed by atoms with van der Waals surface area (Å²) in [7, 11) is 0. The molecule has 0 unspecified atom stereocenters. The first-order valence-electron chi connectivity index (χ1n) is 4.69. The highest BCUT2D eigenvalue weighted by atomic mass is 32.1. The molecule has 0 atom stereocenters. The Morgan fingerprint density at radius 3 is 2.80 bits per heavy atom. The highest BCUT2D eigenvalue weighted by molar-refractivity contribution is 7.11. The van der Waals surface area contributed by atoms with E-state index in [4.69, 9.17) is 0 Å². The molecule has 2 aromatic rings. The van der Waals surface area contributed by atoms with Crippen molar-refractivity contribution in [3.8, 4) is 11.3 Å². The van der Waals surface area contributed by atoms with Gasteiger partial charge in [-0.15, -0.1) is 11.3 Å². The lowest BCUT2D eigenvalue weighted by Gasteiger charge is -2.03. The van der Waals surface area contributed by atoms with Crippen molar-refractivity contribution in [1.29, 1.82) is 0 Å². The summed E-state index contributed by atoms with van der Waals surface area (Å²) in [6.45, 7) is 4.10. The Balaban J connectivity index is 2.52. The summed E-state index contributed by atoms with van der Waals surface area (Å²) in [5.74, 6) is 0. The number of benzene rings is 1. The number of aldehydes is 1. The predicted molar refractivity (Wildman–Crippen MR) is 62.4 cm³/mol. The summed E-state index contributed by atoms with van der Waals surface area (Å²) in [6.07, 6.45) is 0.791. The van der Waals surface area contributed by atoms with Gasteiger partial charge in [-0.2, -0.15) is 0 Å². The maximum absolute atomic E-state index is 10.6. The number of carbonyl (C=O) groups excluding carboxylic acids is 1. The van der Waals surface area contributed by atoms with E-state index in [1.165, 1.54) is 22.5 Å². The summed E-state index contributed by atoms with van der Waals surface area (Å²) in [6, 6.07) is 6.25. The molecule has 0 N–H and O–H groups in total. The van der Waals surface area contributed by atoms with Crippen LogP contribution in [-0.4, -0.2) is 11.3 Å². The SMILES string of the molecule is Cc1ccc(C)c(-c2csc(C=O)n2)c1. The van der Waals surface area contributed by atoms with Crippen LogP contribution in [-0.2, 0) is 0 Å². The molecule has 0 fully saturated rings. The minimum Gasteiger partial charge on any atom is -0.295 e. The highest BCUT2D eigenvalue weighted by Gasteiger charge is 2.06. The molecule has 0 aliphatic rings. The molecule has 0 spiro atoms. The molecule has 2 nitrogen and oxygen atoms in total. The van der Waals surface area contributed by atoms with Crippen LogP contribution < -0.4 is 0 Å². The Hall–Kier alpha value is -1.48. The van der Waals surface area contributed by atoms with Crippen molar-refractivity contribution in [2.75, 3.05) is 0 Å². The number of nitrogens with zero attached hydrogens (tertiary/aromatic N) is 1. The molecule has 0 aliphatic carbocycles. The molecule has 0 amide bonds. The first-order valence-corrected chi connectivity index (χ1v) is 5.57. The maximum atomic E-state index is 10.6. The molecular formula is C12H11NOS. The van der Waals surface area contributed by atoms with E-state index in [1.807, 2.05) is 5.38 Å². The lowest BCUT2D eigenvalue weighted by atomic mass is 10.0. The summed E-state index contributed by atoms with van der Waals surface area (Å²) in [5.41, 5.74) is 4.39. The minimum absolute atomic E-state index is 0.533. The standard InChI is InChI=1S/C12H11NOS/c1-8-3-4-9(2)10(5-8)11-7-15-12(6-14)13-11/h3-7H,1-2H3. The zero-order valence-corrected chi connectivity index (χ0v) is 9.47. The van der Waals surface area contributed by atoms with Crippen LogP contribution in [0.1, 0.15) is 20.9 Å². The van der Waals surface area contributed by atoms with E-state index >= 15 is 0 Å². The molecular weight excluding hydrogens is 206 g/mol. The maximum Gasteiger partial charge on any atom is 0.178 e. The number of rotatable bonds is 2. The van der Waals surface area contributed by atoms with Crippen LogP contribution in [0.25, 0.3) is 11.3 Å². The van der Waals surface area contributed by atoms with Gasteiger partial charge < -0.3 is 0 Å². The van der Waals surface area contributed by atoms with Gasteiger partial charge in [-0.25, -0.2) is 4.98 Å². The van der Waals surface area contributed by atoms with Crippen LogP contribution in [0.5, 0.6) is 0 Å². The molecule has 0 aliphatic heterocycles. The van der Waals surface area contributed by atoms with Crippen LogP contribution in [0.4, 0.5) is 0 Å². The molecule has 3 heteroatoms. The normalized spacial score (nSPS) is 10.3. The molecule has 0 radical (unpaired) electrons. The van der Waals surface area contributed by atoms with Crippen molar-refractivity contribution in [3.05, 3.63) is 39.7 Å². The van der Waals surface area contributed by atoms with Crippen molar-refractivity contribution in [1.82, 2.24) is 4.98 Å². The summed E-state index contributed by atoms with van der Waals surface area (Å²) >= 11 is 1.38. The van der Waals surface area contributed by atoms with Crippen molar-refractivity contribution in [2.45, 2.75) is 13.8 Å². The van der Waals surface area contributed by atoms with Gasteiger partial charge >= 0.3 is 0 Å². The van der Waals surface area contributed by atoms with Crippen LogP contribution in [0, 0.1) is 13.8 Å². The van der Waals surface area contributed by atoms with Crippen LogP contribution in [0.15, 0.2) is 23.6 Å². The topological polar surface area (TPSA) is 30.0 Å². The molecule has 15 heavy (non-hydrogen) atoms. The van der Waals surface area contributed by atoms with Gasteiger partial charge in [-0.05, 0) is 25.5 Å². The summed E-state index contributed by atoms with van der Waals surface area (Å²) in [5, 5.41) is 2.46. The third-order valence-electron chi connectivity index (χ3n) is 2.29. The van der Waals surface area contributed by atoms with E-state index in [9.17, 15) is 4.79 Å². The number of aromatic nitrogens is 1. The first kappa shape index (κ1) is 10.1. The van der Waals surface area contributed by atoms with E-state index in [-0.39, 0.29) is 0 Å². The lowest BCUT2D eigenvalue weighted by molar-refractivity contribution is 0.112. The zero-order chi connectivity index (χ0) is 10.8. The van der Waals surface area contributed by atoms with Gasteiger partial charge in [0.15, 0.2) is 11.3 Å². The van der Waals surface area contributed by atoms with E-state index in [1.54, 1.807) is 0 Å². The Kier molecular flexibility index (Phi) is 2.64. The second-order valence-corrected chi connectivity index (χ2v) is 4.40. The van der Waals surface area contributed by atoms with Gasteiger partial charge in [-0.1, -0.05) is 17.7 Å². The van der Waals surface area contributed by atoms with E-state index in [2.05, 4.69) is 37.0 Å². The second kappa shape index (κ2) is 3.95. The monoisotopic (exact) mass is 217 g/mol. The fraction of sp³-hybridized carbons (Fsp3) is 0.167. The largest absolute Gasteiger partial charge is 0.295 e. The second-order valence-electron chi connectivity index (χ2n) is 3.51. The van der Waals surface area contributed by atoms with Gasteiger partial charge in [0.05, 0.1) is 5.69 Å². The Bertz CT molecular complexity index is 502. The third-order valence-corrected chi connectivity index (χ3v) is 3.06. The van der Waals surface area contributed by atoms with Gasteiger partial charge in [0.2, 0.25) is 0 Å². The van der Waals surface area contributed by atoms with Gasteiger partial charge in [0, 0.05) is 10.9 Å². The van der Waals surface area contributed by atoms with Crippen molar-refractivity contribution >= 4 is 17.6 Å². The first-order chi connectivity index (χ1) is 7.20. The van der Waals surface area contributed by atoms with Crippen molar-refractivity contribution < 1.29 is 4.79 Å². The van der Waals surface area contributed by atoms with E-state index in [0.29, 0.717) is 5.01 Å². The number of thiazole rings is 1. The van der Waals surface area contributed by atoms with Crippen LogP contribution in [0.3, 0.4) is 0 Å². The van der Waals surface area contributed by atoms with E-state index < -0.39 is 0 Å². The average molecular weight is 217 g/mol. The molecule has 2 rings (SSSR count). The number of aryl methyl sites for hydroxylation is 2. The lowest BCUT2D eigenvalue weighted by Crippen LogP contribution is -1.85. The smallest absolute Gasteiger partial charge is 0.178 e. The Labute approximate surface area is 92.6 Å². The van der Waals surface area contributed by atoms with Crippen LogP contribution >= 0.6 is 11.3 Å². The highest BCUT2D eigenvalue weighted by Crippen LogP contribution is 2.25.